The fourth-order valence-electron chi connectivity index (χ4n) is 2.24. The van der Waals surface area contributed by atoms with Crippen LogP contribution in [0.1, 0.15) is 43.6 Å². The summed E-state index contributed by atoms with van der Waals surface area (Å²) in [5.41, 5.74) is 0.886. The molecule has 0 bridgehead atoms. The minimum Gasteiger partial charge on any atom is -0.481 e. The van der Waals surface area contributed by atoms with Crippen LogP contribution in [0.15, 0.2) is 6.20 Å². The van der Waals surface area contributed by atoms with E-state index in [1.807, 2.05) is 0 Å². The van der Waals surface area contributed by atoms with Crippen LogP contribution in [0.2, 0.25) is 0 Å². The van der Waals surface area contributed by atoms with E-state index in [0.717, 1.165) is 43.7 Å². The van der Waals surface area contributed by atoms with Crippen molar-refractivity contribution in [1.29, 1.82) is 0 Å². The Hall–Kier alpha value is -1.32. The van der Waals surface area contributed by atoms with E-state index in [4.69, 9.17) is 5.11 Å². The second-order valence-electron chi connectivity index (χ2n) is 4.03. The highest BCUT2D eigenvalue weighted by atomic mass is 16.4. The summed E-state index contributed by atoms with van der Waals surface area (Å²) in [7, 11) is 0. The molecule has 1 atom stereocenters. The maximum absolute atomic E-state index is 11.0. The zero-order valence-corrected chi connectivity index (χ0v) is 8.94. The molecule has 82 valence electrons. The number of hydrogen-bond donors (Lipinski definition) is 1. The number of carboxylic acid groups (broad SMARTS) is 1. The number of aliphatic carboxylic acids is 1. The molecule has 0 amide bonds. The van der Waals surface area contributed by atoms with Gasteiger partial charge in [-0.2, -0.15) is 0 Å². The second-order valence-corrected chi connectivity index (χ2v) is 4.03. The number of carboxylic acids is 1. The number of hydrogen-bond acceptors (Lipinski definition) is 2. The molecule has 1 aliphatic heterocycles. The van der Waals surface area contributed by atoms with E-state index in [0.29, 0.717) is 0 Å². The third-order valence-corrected chi connectivity index (χ3v) is 2.97. The summed E-state index contributed by atoms with van der Waals surface area (Å²) in [5.74, 6) is -0.0331. The van der Waals surface area contributed by atoms with Crippen molar-refractivity contribution in [3.8, 4) is 0 Å². The average Bonchev–Trinajstić information content (AvgIpc) is 2.62. The molecule has 0 saturated carbocycles. The van der Waals surface area contributed by atoms with E-state index < -0.39 is 5.97 Å². The Labute approximate surface area is 88.9 Å². The molecule has 0 fully saturated rings. The molecule has 1 aromatic rings. The van der Waals surface area contributed by atoms with Crippen LogP contribution in [0.25, 0.3) is 0 Å². The van der Waals surface area contributed by atoms with Gasteiger partial charge in [-0.15, -0.1) is 0 Å². The third kappa shape index (κ3) is 1.76. The van der Waals surface area contributed by atoms with E-state index in [-0.39, 0.29) is 5.92 Å². The molecule has 0 saturated heterocycles. The molecule has 1 unspecified atom stereocenters. The summed E-state index contributed by atoms with van der Waals surface area (Å²) in [4.78, 5) is 15.4. The van der Waals surface area contributed by atoms with Gasteiger partial charge in [-0.25, -0.2) is 4.98 Å². The van der Waals surface area contributed by atoms with Gasteiger partial charge in [-0.05, 0) is 19.3 Å². The Balaban J connectivity index is 2.33. The number of nitrogens with zero attached hydrogens (tertiary/aromatic N) is 2. The van der Waals surface area contributed by atoms with Crippen LogP contribution in [0, 0.1) is 0 Å². The van der Waals surface area contributed by atoms with E-state index in [1.165, 1.54) is 0 Å². The topological polar surface area (TPSA) is 55.1 Å². The van der Waals surface area contributed by atoms with Gasteiger partial charge in [0.1, 0.15) is 5.82 Å². The van der Waals surface area contributed by atoms with Crippen LogP contribution >= 0.6 is 0 Å². The lowest BCUT2D eigenvalue weighted by Gasteiger charge is -2.22. The highest BCUT2D eigenvalue weighted by molar-refractivity contribution is 5.75. The first-order valence-corrected chi connectivity index (χ1v) is 5.51. The maximum Gasteiger partial charge on any atom is 0.312 e. The predicted molar refractivity (Wildman–Crippen MR) is 55.8 cm³/mol. The van der Waals surface area contributed by atoms with Gasteiger partial charge in [0, 0.05) is 19.2 Å². The predicted octanol–water partition coefficient (Wildman–Crippen LogP) is 1.80. The molecule has 2 heterocycles. The largest absolute Gasteiger partial charge is 0.481 e. The van der Waals surface area contributed by atoms with E-state index >= 15 is 0 Å². The zero-order valence-electron chi connectivity index (χ0n) is 8.94. The molecule has 15 heavy (non-hydrogen) atoms. The normalized spacial score (nSPS) is 19.9. The van der Waals surface area contributed by atoms with Gasteiger partial charge in [0.15, 0.2) is 0 Å². The molecule has 2 rings (SSSR count). The molecule has 0 radical (unpaired) electrons. The molecule has 1 aliphatic rings. The molecule has 4 nitrogen and oxygen atoms in total. The van der Waals surface area contributed by atoms with E-state index in [2.05, 4.69) is 16.5 Å². The van der Waals surface area contributed by atoms with Gasteiger partial charge in [0.05, 0.1) is 11.6 Å². The average molecular weight is 208 g/mol. The molecule has 0 aliphatic carbocycles. The Morgan fingerprint density at radius 2 is 2.53 bits per heavy atom. The summed E-state index contributed by atoms with van der Waals surface area (Å²) in [5, 5.41) is 9.08. The molecule has 0 aromatic carbocycles. The van der Waals surface area contributed by atoms with E-state index in [1.54, 1.807) is 6.20 Å². The number of fused-ring (bicyclic) bond motifs is 1. The van der Waals surface area contributed by atoms with Crippen molar-refractivity contribution in [2.24, 2.45) is 0 Å². The second kappa shape index (κ2) is 4.04. The first-order chi connectivity index (χ1) is 7.24. The highest BCUT2D eigenvalue weighted by Crippen LogP contribution is 2.28. The van der Waals surface area contributed by atoms with Crippen molar-refractivity contribution in [1.82, 2.24) is 9.55 Å². The highest BCUT2D eigenvalue weighted by Gasteiger charge is 2.28. The Morgan fingerprint density at radius 3 is 3.20 bits per heavy atom. The van der Waals surface area contributed by atoms with Crippen molar-refractivity contribution >= 4 is 5.97 Å². The molecular weight excluding hydrogens is 192 g/mol. The van der Waals surface area contributed by atoms with Gasteiger partial charge < -0.3 is 9.67 Å². The number of rotatable bonds is 3. The van der Waals surface area contributed by atoms with Crippen molar-refractivity contribution in [2.75, 3.05) is 0 Å². The first-order valence-electron chi connectivity index (χ1n) is 5.51. The lowest BCUT2D eigenvalue weighted by atomic mass is 9.96. The van der Waals surface area contributed by atoms with Crippen molar-refractivity contribution < 1.29 is 9.90 Å². The lowest BCUT2D eigenvalue weighted by molar-refractivity contribution is -0.139. The minimum absolute atomic E-state index is 0.350. The lowest BCUT2D eigenvalue weighted by Crippen LogP contribution is -2.22. The van der Waals surface area contributed by atoms with Crippen LogP contribution in [0.3, 0.4) is 0 Å². The van der Waals surface area contributed by atoms with Gasteiger partial charge in [-0.1, -0.05) is 6.92 Å². The maximum atomic E-state index is 11.0. The van der Waals surface area contributed by atoms with Crippen LogP contribution in [-0.4, -0.2) is 20.6 Å². The number of imidazole rings is 1. The van der Waals surface area contributed by atoms with Crippen LogP contribution in [-0.2, 0) is 17.8 Å². The SMILES string of the molecule is CCCc1ncc2n1CCCC2C(=O)O. The number of aromatic nitrogens is 2. The fourth-order valence-corrected chi connectivity index (χ4v) is 2.24. The summed E-state index contributed by atoms with van der Waals surface area (Å²) >= 11 is 0. The molecular formula is C11H16N2O2. The standard InChI is InChI=1S/C11H16N2O2/c1-2-4-10-12-7-9-8(11(14)15)5-3-6-13(9)10/h7-8H,2-6H2,1H3,(H,14,15). The smallest absolute Gasteiger partial charge is 0.312 e. The van der Waals surface area contributed by atoms with Crippen LogP contribution < -0.4 is 0 Å². The fraction of sp³-hybridized carbons (Fsp3) is 0.636. The third-order valence-electron chi connectivity index (χ3n) is 2.97. The Kier molecular flexibility index (Phi) is 2.75. The van der Waals surface area contributed by atoms with Crippen molar-refractivity contribution in [2.45, 2.75) is 45.1 Å². The van der Waals surface area contributed by atoms with Gasteiger partial charge in [0.2, 0.25) is 0 Å². The number of aryl methyl sites for hydroxylation is 1. The molecule has 1 N–H and O–H groups in total. The summed E-state index contributed by atoms with van der Waals surface area (Å²) in [6.07, 6.45) is 5.41. The molecule has 1 aromatic heterocycles. The molecule has 4 heteroatoms. The van der Waals surface area contributed by atoms with Gasteiger partial charge in [0.25, 0.3) is 0 Å². The van der Waals surface area contributed by atoms with Crippen molar-refractivity contribution in [3.05, 3.63) is 17.7 Å². The Bertz CT molecular complexity index is 371. The van der Waals surface area contributed by atoms with Gasteiger partial charge in [-0.3, -0.25) is 4.79 Å². The monoisotopic (exact) mass is 208 g/mol. The zero-order chi connectivity index (χ0) is 10.8. The Morgan fingerprint density at radius 1 is 1.73 bits per heavy atom. The minimum atomic E-state index is -0.723. The van der Waals surface area contributed by atoms with E-state index in [9.17, 15) is 4.79 Å². The van der Waals surface area contributed by atoms with Crippen molar-refractivity contribution in [3.63, 3.8) is 0 Å². The van der Waals surface area contributed by atoms with Crippen LogP contribution in [0.5, 0.6) is 0 Å². The molecule has 0 spiro atoms. The quantitative estimate of drug-likeness (QED) is 0.824. The summed E-state index contributed by atoms with van der Waals surface area (Å²) in [6.45, 7) is 3.04. The first kappa shape index (κ1) is 10.2. The van der Waals surface area contributed by atoms with Gasteiger partial charge >= 0.3 is 5.97 Å². The van der Waals surface area contributed by atoms with Crippen LogP contribution in [0.4, 0.5) is 0 Å². The number of carbonyl (C=O) groups is 1. The summed E-state index contributed by atoms with van der Waals surface area (Å²) in [6, 6.07) is 0. The summed E-state index contributed by atoms with van der Waals surface area (Å²) < 4.78 is 2.09.